The van der Waals surface area contributed by atoms with Crippen molar-refractivity contribution in [3.05, 3.63) is 82.8 Å². The Kier molecular flexibility index (Phi) is 5.26. The van der Waals surface area contributed by atoms with Gasteiger partial charge in [0.15, 0.2) is 0 Å². The molecule has 28 heavy (non-hydrogen) atoms. The summed E-state index contributed by atoms with van der Waals surface area (Å²) in [7, 11) is 0. The second-order valence-electron chi connectivity index (χ2n) is 6.93. The number of aromatic nitrogens is 2. The second-order valence-corrected chi connectivity index (χ2v) is 7.34. The molecule has 3 heterocycles. The molecule has 1 saturated heterocycles. The molecule has 1 aliphatic rings. The largest absolute Gasteiger partial charge is 0.338 e. The number of carbonyl (C=O) groups is 1. The Morgan fingerprint density at radius 2 is 1.96 bits per heavy atom. The quantitative estimate of drug-likeness (QED) is 0.666. The Labute approximate surface area is 169 Å². The first-order chi connectivity index (χ1) is 13.6. The van der Waals surface area contributed by atoms with Crippen LogP contribution in [0, 0.1) is 6.92 Å². The van der Waals surface area contributed by atoms with Gasteiger partial charge in [0.2, 0.25) is 0 Å². The first kappa shape index (κ1) is 18.4. The van der Waals surface area contributed by atoms with E-state index in [2.05, 4.69) is 27.4 Å². The summed E-state index contributed by atoms with van der Waals surface area (Å²) in [5, 5.41) is 3.54. The normalized spacial score (nSPS) is 16.2. The van der Waals surface area contributed by atoms with Gasteiger partial charge in [-0.05, 0) is 43.5 Å². The Bertz CT molecular complexity index is 976. The van der Waals surface area contributed by atoms with E-state index in [4.69, 9.17) is 11.6 Å². The molecule has 1 aromatic carbocycles. The van der Waals surface area contributed by atoms with Crippen LogP contribution >= 0.6 is 11.6 Å². The van der Waals surface area contributed by atoms with Crippen molar-refractivity contribution in [1.29, 1.82) is 0 Å². The highest BCUT2D eigenvalue weighted by Crippen LogP contribution is 2.33. The lowest BCUT2D eigenvalue weighted by Gasteiger charge is -2.25. The van der Waals surface area contributed by atoms with Crippen LogP contribution < -0.4 is 5.32 Å². The Morgan fingerprint density at radius 1 is 1.14 bits per heavy atom. The minimum absolute atomic E-state index is 0.0377. The number of nitrogens with zero attached hydrogens (tertiary/aromatic N) is 3. The fourth-order valence-corrected chi connectivity index (χ4v) is 3.74. The number of hydrogen-bond acceptors (Lipinski definition) is 4. The average Bonchev–Trinajstić information content (AvgIpc) is 3.21. The molecule has 0 aliphatic carbocycles. The van der Waals surface area contributed by atoms with Gasteiger partial charge >= 0.3 is 0 Å². The molecule has 2 aromatic heterocycles. The minimum atomic E-state index is -0.0377. The molecule has 0 radical (unpaired) electrons. The van der Waals surface area contributed by atoms with E-state index in [0.717, 1.165) is 36.3 Å². The number of pyridine rings is 2. The van der Waals surface area contributed by atoms with Crippen LogP contribution in [-0.2, 0) is 0 Å². The van der Waals surface area contributed by atoms with Gasteiger partial charge in [-0.15, -0.1) is 0 Å². The van der Waals surface area contributed by atoms with Gasteiger partial charge in [0.1, 0.15) is 5.82 Å². The Hall–Kier alpha value is -2.92. The molecule has 1 atom stereocenters. The molecular formula is C22H21ClN4O. The Balaban J connectivity index is 1.53. The maximum atomic E-state index is 13.1. The van der Waals surface area contributed by atoms with Crippen molar-refractivity contribution in [2.75, 3.05) is 11.9 Å². The maximum Gasteiger partial charge on any atom is 0.255 e. The van der Waals surface area contributed by atoms with E-state index in [-0.39, 0.29) is 11.9 Å². The molecule has 6 heteroatoms. The first-order valence-electron chi connectivity index (χ1n) is 9.33. The van der Waals surface area contributed by atoms with Gasteiger partial charge in [0.25, 0.3) is 5.91 Å². The smallest absolute Gasteiger partial charge is 0.255 e. The van der Waals surface area contributed by atoms with Crippen LogP contribution in [0.15, 0.2) is 60.9 Å². The van der Waals surface area contributed by atoms with Crippen molar-refractivity contribution in [3.8, 4) is 0 Å². The number of anilines is 2. The number of amides is 1. The van der Waals surface area contributed by atoms with Crippen LogP contribution in [0.4, 0.5) is 11.5 Å². The fourth-order valence-electron chi connectivity index (χ4n) is 3.52. The van der Waals surface area contributed by atoms with Crippen molar-refractivity contribution >= 4 is 29.0 Å². The van der Waals surface area contributed by atoms with Gasteiger partial charge in [-0.25, -0.2) is 4.98 Å². The molecule has 3 aromatic rings. The zero-order valence-corrected chi connectivity index (χ0v) is 16.4. The van der Waals surface area contributed by atoms with E-state index >= 15 is 0 Å². The lowest BCUT2D eigenvalue weighted by molar-refractivity contribution is 0.0735. The van der Waals surface area contributed by atoms with Crippen LogP contribution in [0.3, 0.4) is 0 Å². The zero-order valence-electron chi connectivity index (χ0n) is 15.6. The van der Waals surface area contributed by atoms with Crippen molar-refractivity contribution in [3.63, 3.8) is 0 Å². The summed E-state index contributed by atoms with van der Waals surface area (Å²) in [6.45, 7) is 2.67. The topological polar surface area (TPSA) is 58.1 Å². The van der Waals surface area contributed by atoms with Gasteiger partial charge < -0.3 is 10.2 Å². The van der Waals surface area contributed by atoms with E-state index < -0.39 is 0 Å². The van der Waals surface area contributed by atoms with Crippen molar-refractivity contribution in [2.45, 2.75) is 25.8 Å². The summed E-state index contributed by atoms with van der Waals surface area (Å²) in [6, 6.07) is 15.8. The third-order valence-electron chi connectivity index (χ3n) is 4.96. The summed E-state index contributed by atoms with van der Waals surface area (Å²) in [5.74, 6) is 0.467. The van der Waals surface area contributed by atoms with E-state index in [1.165, 1.54) is 0 Å². The van der Waals surface area contributed by atoms with Gasteiger partial charge in [0, 0.05) is 18.4 Å². The third-order valence-corrected chi connectivity index (χ3v) is 5.25. The number of aryl methyl sites for hydroxylation is 1. The number of hydrogen-bond donors (Lipinski definition) is 1. The predicted molar refractivity (Wildman–Crippen MR) is 111 cm³/mol. The van der Waals surface area contributed by atoms with E-state index in [0.29, 0.717) is 16.4 Å². The number of nitrogens with one attached hydrogen (secondary N) is 1. The summed E-state index contributed by atoms with van der Waals surface area (Å²) in [4.78, 5) is 23.6. The third kappa shape index (κ3) is 3.85. The molecule has 1 unspecified atom stereocenters. The summed E-state index contributed by atoms with van der Waals surface area (Å²) in [6.07, 6.45) is 5.27. The number of likely N-dealkylation sites (tertiary alicyclic amines) is 1. The van der Waals surface area contributed by atoms with Crippen LogP contribution in [0.25, 0.3) is 0 Å². The maximum absolute atomic E-state index is 13.1. The van der Waals surface area contributed by atoms with Crippen LogP contribution in [0.1, 0.15) is 40.5 Å². The van der Waals surface area contributed by atoms with Gasteiger partial charge in [0.05, 0.1) is 28.5 Å². The van der Waals surface area contributed by atoms with Gasteiger partial charge in [-0.3, -0.25) is 9.78 Å². The first-order valence-corrected chi connectivity index (χ1v) is 9.71. The molecule has 5 nitrogen and oxygen atoms in total. The molecule has 4 rings (SSSR count). The summed E-state index contributed by atoms with van der Waals surface area (Å²) >= 11 is 6.40. The number of carbonyl (C=O) groups excluding carboxylic acids is 1. The molecule has 0 spiro atoms. The summed E-state index contributed by atoms with van der Waals surface area (Å²) < 4.78 is 0. The van der Waals surface area contributed by atoms with E-state index in [1.807, 2.05) is 42.2 Å². The fraction of sp³-hybridized carbons (Fsp3) is 0.227. The molecule has 142 valence electrons. The molecule has 0 bridgehead atoms. The molecular weight excluding hydrogens is 372 g/mol. The van der Waals surface area contributed by atoms with Crippen LogP contribution in [-0.4, -0.2) is 27.3 Å². The summed E-state index contributed by atoms with van der Waals surface area (Å²) in [5.41, 5.74) is 3.39. The number of rotatable bonds is 4. The minimum Gasteiger partial charge on any atom is -0.338 e. The highest BCUT2D eigenvalue weighted by Gasteiger charge is 2.30. The monoisotopic (exact) mass is 392 g/mol. The number of benzene rings is 1. The van der Waals surface area contributed by atoms with Crippen LogP contribution in [0.2, 0.25) is 5.02 Å². The molecule has 1 amide bonds. The highest BCUT2D eigenvalue weighted by molar-refractivity contribution is 6.33. The van der Waals surface area contributed by atoms with Gasteiger partial charge in [-0.1, -0.05) is 41.9 Å². The molecule has 1 aliphatic heterocycles. The Morgan fingerprint density at radius 3 is 2.68 bits per heavy atom. The number of halogens is 1. The SMILES string of the molecule is Cc1ccc(Nc2ncc(C(=O)N3CCCC3c3ccccc3)cc2Cl)cn1. The van der Waals surface area contributed by atoms with E-state index in [1.54, 1.807) is 18.5 Å². The molecule has 0 saturated carbocycles. The predicted octanol–water partition coefficient (Wildman–Crippen LogP) is 5.16. The van der Waals surface area contributed by atoms with Crippen LogP contribution in [0.5, 0.6) is 0 Å². The second kappa shape index (κ2) is 7.98. The van der Waals surface area contributed by atoms with Crippen molar-refractivity contribution in [2.24, 2.45) is 0 Å². The van der Waals surface area contributed by atoms with Gasteiger partial charge in [-0.2, -0.15) is 0 Å². The highest BCUT2D eigenvalue weighted by atomic mass is 35.5. The van der Waals surface area contributed by atoms with Crippen molar-refractivity contribution < 1.29 is 4.79 Å². The van der Waals surface area contributed by atoms with Crippen molar-refractivity contribution in [1.82, 2.24) is 14.9 Å². The zero-order chi connectivity index (χ0) is 19.5. The lowest BCUT2D eigenvalue weighted by Crippen LogP contribution is -2.30. The lowest BCUT2D eigenvalue weighted by atomic mass is 10.0. The standard InChI is InChI=1S/C22H21ClN4O/c1-15-9-10-18(14-24-15)26-21-19(23)12-17(13-25-21)22(28)27-11-5-8-20(27)16-6-3-2-4-7-16/h2-4,6-7,9-10,12-14,20H,5,8,11H2,1H3,(H,25,26). The van der Waals surface area contributed by atoms with E-state index in [9.17, 15) is 4.79 Å². The molecule has 1 N–H and O–H groups in total. The molecule has 1 fully saturated rings. The average molecular weight is 393 g/mol.